The van der Waals surface area contributed by atoms with Crippen molar-refractivity contribution in [2.75, 3.05) is 0 Å². The number of hydrazine groups is 1. The summed E-state index contributed by atoms with van der Waals surface area (Å²) in [4.78, 5) is 4.38. The van der Waals surface area contributed by atoms with Crippen LogP contribution in [-0.2, 0) is 6.42 Å². The molecule has 2 aromatic rings. The predicted octanol–water partition coefficient (Wildman–Crippen LogP) is 2.56. The minimum absolute atomic E-state index is 0.249. The van der Waals surface area contributed by atoms with Crippen LogP contribution in [0.4, 0.5) is 10.1 Å². The average molecular weight is 243 g/mol. The summed E-state index contributed by atoms with van der Waals surface area (Å²) in [5.74, 6) is 5.83. The largest absolute Gasteiger partial charge is 0.312 e. The molecule has 2 aromatic carbocycles. The first kappa shape index (κ1) is 12.3. The highest BCUT2D eigenvalue weighted by Gasteiger charge is 2.00. The van der Waals surface area contributed by atoms with E-state index in [1.54, 1.807) is 12.1 Å². The predicted molar refractivity (Wildman–Crippen MR) is 71.0 cm³/mol. The molecular weight excluding hydrogens is 229 g/mol. The van der Waals surface area contributed by atoms with Gasteiger partial charge in [0.2, 0.25) is 0 Å². The summed E-state index contributed by atoms with van der Waals surface area (Å²) in [7, 11) is 0. The number of hydrogen-bond donors (Lipinski definition) is 2. The quantitative estimate of drug-likeness (QED) is 0.377. The van der Waals surface area contributed by atoms with Crippen LogP contribution in [0, 0.1) is 5.82 Å². The molecular formula is C14H14FN3. The van der Waals surface area contributed by atoms with Gasteiger partial charge in [-0.25, -0.2) is 15.2 Å². The van der Waals surface area contributed by atoms with E-state index in [-0.39, 0.29) is 5.82 Å². The van der Waals surface area contributed by atoms with Crippen molar-refractivity contribution in [2.45, 2.75) is 6.42 Å². The zero-order chi connectivity index (χ0) is 12.8. The second kappa shape index (κ2) is 5.93. The minimum atomic E-state index is -0.249. The molecule has 4 heteroatoms. The van der Waals surface area contributed by atoms with Gasteiger partial charge in [-0.1, -0.05) is 30.3 Å². The molecule has 0 atom stereocenters. The van der Waals surface area contributed by atoms with E-state index >= 15 is 0 Å². The highest BCUT2D eigenvalue weighted by Crippen LogP contribution is 2.11. The zero-order valence-corrected chi connectivity index (χ0v) is 9.81. The second-order valence-electron chi connectivity index (χ2n) is 3.84. The fraction of sp³-hybridized carbons (Fsp3) is 0.0714. The number of nitrogens with two attached hydrogens (primary N) is 1. The van der Waals surface area contributed by atoms with Crippen LogP contribution in [0.15, 0.2) is 59.6 Å². The van der Waals surface area contributed by atoms with Gasteiger partial charge in [-0.3, -0.25) is 0 Å². The third kappa shape index (κ3) is 3.40. The Bertz CT molecular complexity index is 520. The fourth-order valence-corrected chi connectivity index (χ4v) is 1.58. The van der Waals surface area contributed by atoms with Gasteiger partial charge < -0.3 is 5.43 Å². The molecule has 0 fully saturated rings. The van der Waals surface area contributed by atoms with E-state index < -0.39 is 0 Å². The topological polar surface area (TPSA) is 50.4 Å². The van der Waals surface area contributed by atoms with Crippen LogP contribution in [0.2, 0.25) is 0 Å². The van der Waals surface area contributed by atoms with Gasteiger partial charge in [0.05, 0.1) is 5.69 Å². The molecule has 0 unspecified atom stereocenters. The summed E-state index contributed by atoms with van der Waals surface area (Å²) in [6.07, 6.45) is 0.533. The highest BCUT2D eigenvalue weighted by atomic mass is 19.1. The lowest BCUT2D eigenvalue weighted by Crippen LogP contribution is -2.31. The van der Waals surface area contributed by atoms with Gasteiger partial charge in [0, 0.05) is 6.42 Å². The molecule has 0 saturated carbocycles. The molecule has 2 rings (SSSR count). The number of rotatable bonds is 3. The molecule has 0 saturated heterocycles. The number of nitrogens with one attached hydrogen (secondary N) is 1. The summed E-state index contributed by atoms with van der Waals surface area (Å²) in [5.41, 5.74) is 4.34. The van der Waals surface area contributed by atoms with Crippen LogP contribution in [-0.4, -0.2) is 5.84 Å². The highest BCUT2D eigenvalue weighted by molar-refractivity contribution is 5.86. The van der Waals surface area contributed by atoms with Crippen LogP contribution >= 0.6 is 0 Å². The lowest BCUT2D eigenvalue weighted by molar-refractivity contribution is 0.627. The van der Waals surface area contributed by atoms with Crippen LogP contribution in [0.5, 0.6) is 0 Å². The minimum Gasteiger partial charge on any atom is -0.312 e. The summed E-state index contributed by atoms with van der Waals surface area (Å²) < 4.78 is 12.8. The van der Waals surface area contributed by atoms with Crippen molar-refractivity contribution in [2.24, 2.45) is 10.8 Å². The molecule has 0 bridgehead atoms. The van der Waals surface area contributed by atoms with Crippen LogP contribution < -0.4 is 11.3 Å². The Balaban J connectivity index is 2.15. The van der Waals surface area contributed by atoms with Gasteiger partial charge >= 0.3 is 0 Å². The SMILES string of the molecule is NNC(Cc1ccc(F)cc1)=Nc1ccccc1. The molecule has 18 heavy (non-hydrogen) atoms. The number of hydrogen-bond acceptors (Lipinski definition) is 2. The molecule has 0 heterocycles. The maximum Gasteiger partial charge on any atom is 0.123 e. The van der Waals surface area contributed by atoms with Crippen molar-refractivity contribution in [3.8, 4) is 0 Å². The standard InChI is InChI=1S/C14H14FN3/c15-12-8-6-11(7-9-12)10-14(18-16)17-13-4-2-1-3-5-13/h1-9H,10,16H2,(H,17,18). The van der Waals surface area contributed by atoms with Gasteiger partial charge in [-0.2, -0.15) is 0 Å². The smallest absolute Gasteiger partial charge is 0.123 e. The van der Waals surface area contributed by atoms with E-state index in [2.05, 4.69) is 10.4 Å². The Morgan fingerprint density at radius 2 is 1.72 bits per heavy atom. The summed E-state index contributed by atoms with van der Waals surface area (Å²) in [6, 6.07) is 15.8. The van der Waals surface area contributed by atoms with Gasteiger partial charge in [0.15, 0.2) is 0 Å². The normalized spacial score (nSPS) is 11.3. The maximum atomic E-state index is 12.8. The van der Waals surface area contributed by atoms with E-state index in [0.29, 0.717) is 12.3 Å². The van der Waals surface area contributed by atoms with Crippen molar-refractivity contribution < 1.29 is 4.39 Å². The first-order valence-electron chi connectivity index (χ1n) is 5.61. The van der Waals surface area contributed by atoms with Crippen LogP contribution in [0.1, 0.15) is 5.56 Å². The Labute approximate surface area is 105 Å². The van der Waals surface area contributed by atoms with Gasteiger partial charge in [0.25, 0.3) is 0 Å². The molecule has 0 aliphatic carbocycles. The summed E-state index contributed by atoms with van der Waals surface area (Å²) >= 11 is 0. The van der Waals surface area contributed by atoms with Crippen molar-refractivity contribution in [1.29, 1.82) is 0 Å². The fourth-order valence-electron chi connectivity index (χ4n) is 1.58. The van der Waals surface area contributed by atoms with Crippen molar-refractivity contribution in [3.05, 3.63) is 66.0 Å². The van der Waals surface area contributed by atoms with Crippen LogP contribution in [0.3, 0.4) is 0 Å². The van der Waals surface area contributed by atoms with Crippen molar-refractivity contribution in [3.63, 3.8) is 0 Å². The van der Waals surface area contributed by atoms with E-state index in [1.807, 2.05) is 30.3 Å². The first-order chi connectivity index (χ1) is 8.78. The molecule has 0 spiro atoms. The first-order valence-corrected chi connectivity index (χ1v) is 5.61. The van der Waals surface area contributed by atoms with Gasteiger partial charge in [-0.15, -0.1) is 0 Å². The monoisotopic (exact) mass is 243 g/mol. The van der Waals surface area contributed by atoms with E-state index in [1.165, 1.54) is 12.1 Å². The lowest BCUT2D eigenvalue weighted by Gasteiger charge is -2.06. The van der Waals surface area contributed by atoms with E-state index in [4.69, 9.17) is 5.84 Å². The van der Waals surface area contributed by atoms with Crippen molar-refractivity contribution >= 4 is 11.5 Å². The number of nitrogens with zero attached hydrogens (tertiary/aromatic N) is 1. The summed E-state index contributed by atoms with van der Waals surface area (Å²) in [6.45, 7) is 0. The molecule has 0 amide bonds. The number of halogens is 1. The Hall–Kier alpha value is -2.20. The zero-order valence-electron chi connectivity index (χ0n) is 9.81. The number of benzene rings is 2. The Morgan fingerprint density at radius 1 is 1.06 bits per heavy atom. The second-order valence-corrected chi connectivity index (χ2v) is 3.84. The maximum absolute atomic E-state index is 12.8. The van der Waals surface area contributed by atoms with Gasteiger partial charge in [-0.05, 0) is 29.8 Å². The van der Waals surface area contributed by atoms with E-state index in [0.717, 1.165) is 11.3 Å². The molecule has 0 radical (unpaired) electrons. The van der Waals surface area contributed by atoms with Crippen LogP contribution in [0.25, 0.3) is 0 Å². The van der Waals surface area contributed by atoms with E-state index in [9.17, 15) is 4.39 Å². The molecule has 3 nitrogen and oxygen atoms in total. The molecule has 0 aliphatic heterocycles. The Kier molecular flexibility index (Phi) is 4.04. The molecule has 0 aromatic heterocycles. The molecule has 0 aliphatic rings. The lowest BCUT2D eigenvalue weighted by atomic mass is 10.1. The number of amidine groups is 1. The summed E-state index contributed by atoms with van der Waals surface area (Å²) in [5, 5.41) is 0. The number of para-hydroxylation sites is 1. The average Bonchev–Trinajstić information content (AvgIpc) is 2.41. The molecule has 92 valence electrons. The van der Waals surface area contributed by atoms with Crippen molar-refractivity contribution in [1.82, 2.24) is 5.43 Å². The molecule has 3 N–H and O–H groups in total. The third-order valence-electron chi connectivity index (χ3n) is 2.47. The van der Waals surface area contributed by atoms with Gasteiger partial charge in [0.1, 0.15) is 11.7 Å². The third-order valence-corrected chi connectivity index (χ3v) is 2.47. The Morgan fingerprint density at radius 3 is 2.33 bits per heavy atom. The number of aliphatic imine (C=N–C) groups is 1.